The predicted molar refractivity (Wildman–Crippen MR) is 130 cm³/mol. The molecular weight excluding hydrogens is 430 g/mol. The molecule has 0 aliphatic heterocycles. The lowest BCUT2D eigenvalue weighted by atomic mass is 10.0. The van der Waals surface area contributed by atoms with E-state index in [1.807, 2.05) is 43.3 Å². The number of rotatable bonds is 11. The number of hydrogen-bond donors (Lipinski definition) is 3. The van der Waals surface area contributed by atoms with Gasteiger partial charge in [0.1, 0.15) is 5.69 Å². The molecule has 2 atom stereocenters. The molecule has 0 aliphatic carbocycles. The average molecular weight is 462 g/mol. The van der Waals surface area contributed by atoms with E-state index in [1.54, 1.807) is 30.4 Å². The van der Waals surface area contributed by atoms with E-state index in [0.717, 1.165) is 24.0 Å². The zero-order valence-corrected chi connectivity index (χ0v) is 19.5. The molecule has 3 aromatic rings. The van der Waals surface area contributed by atoms with Crippen LogP contribution in [0.25, 0.3) is 0 Å². The molecule has 0 radical (unpaired) electrons. The van der Waals surface area contributed by atoms with Gasteiger partial charge in [-0.1, -0.05) is 31.2 Å². The number of primary amides is 1. The molecule has 2 amide bonds. The van der Waals surface area contributed by atoms with Gasteiger partial charge < -0.3 is 21.1 Å². The highest BCUT2D eigenvalue weighted by Crippen LogP contribution is 2.18. The summed E-state index contributed by atoms with van der Waals surface area (Å²) >= 11 is 0. The molecule has 0 fully saturated rings. The summed E-state index contributed by atoms with van der Waals surface area (Å²) in [7, 11) is 1.78. The Morgan fingerprint density at radius 2 is 1.85 bits per heavy atom. The third kappa shape index (κ3) is 6.69. The molecule has 3 rings (SSSR count). The summed E-state index contributed by atoms with van der Waals surface area (Å²) in [6.07, 6.45) is 5.66. The van der Waals surface area contributed by atoms with Crippen LogP contribution in [-0.4, -0.2) is 51.4 Å². The number of nitrogens with one attached hydrogen (secondary N) is 1. The number of aliphatic hydroxyl groups excluding tert-OH is 1. The number of benzene rings is 1. The van der Waals surface area contributed by atoms with Gasteiger partial charge in [-0.2, -0.15) is 0 Å². The molecule has 2 aromatic heterocycles. The fourth-order valence-electron chi connectivity index (χ4n) is 3.71. The summed E-state index contributed by atoms with van der Waals surface area (Å²) in [6, 6.07) is 14.4. The first-order chi connectivity index (χ1) is 16.4. The molecule has 0 saturated heterocycles. The van der Waals surface area contributed by atoms with Crippen molar-refractivity contribution >= 4 is 11.8 Å². The second-order valence-electron chi connectivity index (χ2n) is 8.22. The lowest BCUT2D eigenvalue weighted by Gasteiger charge is -2.23. The second kappa shape index (κ2) is 12.0. The number of aromatic nitrogens is 2. The zero-order chi connectivity index (χ0) is 24.5. The highest BCUT2D eigenvalue weighted by atomic mass is 16.3. The molecule has 8 nitrogen and oxygen atoms in total. The topological polar surface area (TPSA) is 121 Å². The van der Waals surface area contributed by atoms with Crippen molar-refractivity contribution in [2.75, 3.05) is 13.6 Å². The van der Waals surface area contributed by atoms with Crippen molar-refractivity contribution in [2.24, 2.45) is 5.73 Å². The maximum Gasteiger partial charge on any atom is 0.267 e. The molecule has 34 heavy (non-hydrogen) atoms. The minimum absolute atomic E-state index is 0.0429. The molecule has 1 aromatic carbocycles. The Morgan fingerprint density at radius 3 is 2.44 bits per heavy atom. The van der Waals surface area contributed by atoms with Gasteiger partial charge in [-0.25, -0.2) is 0 Å². The van der Waals surface area contributed by atoms with E-state index in [9.17, 15) is 14.7 Å². The summed E-state index contributed by atoms with van der Waals surface area (Å²) in [4.78, 5) is 33.6. The standard InChI is InChI=1S/C26H31N5O3/c1-3-22(24(32)21-10-11-23(25(27)33)30-16-21)29-14-12-18-6-8-20(9-7-18)26(34)31(2)17-19-5-4-13-28-15-19/h4-11,13,15-16,22,24,29,32H,3,12,14,17H2,1-2H3,(H2,27,33). The monoisotopic (exact) mass is 461 g/mol. The fraction of sp³-hybridized carbons (Fsp3) is 0.308. The molecule has 4 N–H and O–H groups in total. The van der Waals surface area contributed by atoms with Gasteiger partial charge in [-0.05, 0) is 54.8 Å². The third-order valence-corrected chi connectivity index (χ3v) is 5.71. The van der Waals surface area contributed by atoms with Crippen molar-refractivity contribution < 1.29 is 14.7 Å². The Bertz CT molecular complexity index is 1070. The lowest BCUT2D eigenvalue weighted by Crippen LogP contribution is -2.36. The number of aliphatic hydroxyl groups is 1. The van der Waals surface area contributed by atoms with Gasteiger partial charge >= 0.3 is 0 Å². The molecule has 2 unspecified atom stereocenters. The first kappa shape index (κ1) is 25.0. The summed E-state index contributed by atoms with van der Waals surface area (Å²) < 4.78 is 0. The number of carbonyl (C=O) groups is 2. The third-order valence-electron chi connectivity index (χ3n) is 5.71. The van der Waals surface area contributed by atoms with Crippen molar-refractivity contribution in [3.8, 4) is 0 Å². The van der Waals surface area contributed by atoms with E-state index in [4.69, 9.17) is 5.73 Å². The Kier molecular flexibility index (Phi) is 8.84. The van der Waals surface area contributed by atoms with E-state index >= 15 is 0 Å². The Morgan fingerprint density at radius 1 is 1.09 bits per heavy atom. The minimum atomic E-state index is -0.755. The molecule has 0 saturated carbocycles. The number of amides is 2. The van der Waals surface area contributed by atoms with E-state index in [0.29, 0.717) is 24.2 Å². The highest BCUT2D eigenvalue weighted by molar-refractivity contribution is 5.94. The zero-order valence-electron chi connectivity index (χ0n) is 19.5. The SMILES string of the molecule is CCC(NCCc1ccc(C(=O)N(C)Cc2cccnc2)cc1)C(O)c1ccc(C(N)=O)nc1. The van der Waals surface area contributed by atoms with Crippen molar-refractivity contribution in [3.05, 3.63) is 95.1 Å². The molecule has 0 spiro atoms. The first-order valence-corrected chi connectivity index (χ1v) is 11.3. The first-order valence-electron chi connectivity index (χ1n) is 11.3. The van der Waals surface area contributed by atoms with E-state index in [-0.39, 0.29) is 17.6 Å². The number of pyridine rings is 2. The van der Waals surface area contributed by atoms with Crippen LogP contribution in [0.1, 0.15) is 57.0 Å². The van der Waals surface area contributed by atoms with Crippen LogP contribution >= 0.6 is 0 Å². The quantitative estimate of drug-likeness (QED) is 0.403. The summed E-state index contributed by atoms with van der Waals surface area (Å²) in [5, 5.41) is 14.1. The molecule has 0 aliphatic rings. The van der Waals surface area contributed by atoms with Crippen LogP contribution in [0.3, 0.4) is 0 Å². The van der Waals surface area contributed by atoms with Crippen LogP contribution in [0.15, 0.2) is 67.1 Å². The van der Waals surface area contributed by atoms with Crippen LogP contribution in [0.2, 0.25) is 0 Å². The average Bonchev–Trinajstić information content (AvgIpc) is 2.87. The Hall–Kier alpha value is -3.62. The highest BCUT2D eigenvalue weighted by Gasteiger charge is 2.19. The largest absolute Gasteiger partial charge is 0.387 e. The van der Waals surface area contributed by atoms with Crippen molar-refractivity contribution in [1.29, 1.82) is 0 Å². The summed E-state index contributed by atoms with van der Waals surface area (Å²) in [5.41, 5.74) is 8.72. The number of nitrogens with zero attached hydrogens (tertiary/aromatic N) is 3. The van der Waals surface area contributed by atoms with Gasteiger partial charge in [0.15, 0.2) is 0 Å². The van der Waals surface area contributed by atoms with E-state index in [2.05, 4.69) is 15.3 Å². The van der Waals surface area contributed by atoms with Gasteiger partial charge in [0.2, 0.25) is 0 Å². The van der Waals surface area contributed by atoms with Gasteiger partial charge in [-0.15, -0.1) is 0 Å². The summed E-state index contributed by atoms with van der Waals surface area (Å²) in [6.45, 7) is 3.16. The van der Waals surface area contributed by atoms with Gasteiger partial charge in [0.05, 0.1) is 6.10 Å². The van der Waals surface area contributed by atoms with Gasteiger partial charge in [-0.3, -0.25) is 19.6 Å². The van der Waals surface area contributed by atoms with Gasteiger partial charge in [0.25, 0.3) is 11.8 Å². The minimum Gasteiger partial charge on any atom is -0.387 e. The predicted octanol–water partition coefficient (Wildman–Crippen LogP) is 2.49. The van der Waals surface area contributed by atoms with E-state index < -0.39 is 12.0 Å². The van der Waals surface area contributed by atoms with Crippen molar-refractivity contribution in [1.82, 2.24) is 20.2 Å². The number of carbonyl (C=O) groups excluding carboxylic acids is 2. The van der Waals surface area contributed by atoms with E-state index in [1.165, 1.54) is 12.3 Å². The summed E-state index contributed by atoms with van der Waals surface area (Å²) in [5.74, 6) is -0.641. The van der Waals surface area contributed by atoms with Crippen LogP contribution in [-0.2, 0) is 13.0 Å². The molecular formula is C26H31N5O3. The van der Waals surface area contributed by atoms with Crippen LogP contribution in [0.5, 0.6) is 0 Å². The van der Waals surface area contributed by atoms with Crippen LogP contribution < -0.4 is 11.1 Å². The maximum absolute atomic E-state index is 12.7. The van der Waals surface area contributed by atoms with Gasteiger partial charge in [0, 0.05) is 49.4 Å². The van der Waals surface area contributed by atoms with Crippen molar-refractivity contribution in [2.45, 2.75) is 38.5 Å². The van der Waals surface area contributed by atoms with Crippen molar-refractivity contribution in [3.63, 3.8) is 0 Å². The molecule has 0 bridgehead atoms. The fourth-order valence-corrected chi connectivity index (χ4v) is 3.71. The normalized spacial score (nSPS) is 12.7. The number of hydrogen-bond acceptors (Lipinski definition) is 6. The molecule has 8 heteroatoms. The number of nitrogens with two attached hydrogens (primary N) is 1. The Balaban J connectivity index is 1.51. The van der Waals surface area contributed by atoms with Crippen LogP contribution in [0.4, 0.5) is 0 Å². The second-order valence-corrected chi connectivity index (χ2v) is 8.22. The molecule has 2 heterocycles. The molecule has 178 valence electrons. The maximum atomic E-state index is 12.7. The Labute approximate surface area is 199 Å². The van der Waals surface area contributed by atoms with Crippen LogP contribution in [0, 0.1) is 0 Å². The lowest BCUT2D eigenvalue weighted by molar-refractivity contribution is 0.0784. The smallest absolute Gasteiger partial charge is 0.267 e.